The lowest BCUT2D eigenvalue weighted by Crippen LogP contribution is -2.40. The fourth-order valence-corrected chi connectivity index (χ4v) is 6.19. The van der Waals surface area contributed by atoms with Crippen LogP contribution in [0.4, 0.5) is 4.39 Å². The Kier molecular flexibility index (Phi) is 4.26. The summed E-state index contributed by atoms with van der Waals surface area (Å²) in [6.07, 6.45) is 0. The van der Waals surface area contributed by atoms with E-state index < -0.39 is 53.3 Å². The smallest absolute Gasteiger partial charge is 0.229 e. The van der Waals surface area contributed by atoms with Gasteiger partial charge in [0.15, 0.2) is 9.84 Å². The standard InChI is InChI=1S/C11H10ClFN2O4S2/c12-8-5-20(16,17)6-10(8)15-21(18,19)11-3-1-2-9(13)7(11)4-14/h1-3,8,10,15H,5-6H2. The van der Waals surface area contributed by atoms with Crippen LogP contribution in [-0.4, -0.2) is 39.8 Å². The summed E-state index contributed by atoms with van der Waals surface area (Å²) < 4.78 is 62.8. The van der Waals surface area contributed by atoms with Gasteiger partial charge >= 0.3 is 0 Å². The number of benzene rings is 1. The van der Waals surface area contributed by atoms with Gasteiger partial charge in [-0.3, -0.25) is 0 Å². The summed E-state index contributed by atoms with van der Waals surface area (Å²) in [6, 6.07) is 3.63. The molecule has 114 valence electrons. The zero-order chi connectivity index (χ0) is 15.8. The lowest BCUT2D eigenvalue weighted by Gasteiger charge is -2.15. The number of hydrogen-bond donors (Lipinski definition) is 1. The third kappa shape index (κ3) is 3.35. The third-order valence-electron chi connectivity index (χ3n) is 2.97. The molecule has 0 amide bonds. The number of hydrogen-bond acceptors (Lipinski definition) is 5. The molecule has 1 saturated heterocycles. The van der Waals surface area contributed by atoms with Crippen molar-refractivity contribution in [1.29, 1.82) is 5.26 Å². The van der Waals surface area contributed by atoms with E-state index in [1.807, 2.05) is 0 Å². The first kappa shape index (κ1) is 16.2. The van der Waals surface area contributed by atoms with Gasteiger partial charge in [0.05, 0.1) is 22.9 Å². The Morgan fingerprint density at radius 1 is 1.38 bits per heavy atom. The van der Waals surface area contributed by atoms with Crippen molar-refractivity contribution in [1.82, 2.24) is 4.72 Å². The molecule has 1 aliphatic heterocycles. The van der Waals surface area contributed by atoms with E-state index in [4.69, 9.17) is 16.9 Å². The molecule has 1 aromatic carbocycles. The molecule has 2 atom stereocenters. The van der Waals surface area contributed by atoms with Crippen LogP contribution in [-0.2, 0) is 19.9 Å². The van der Waals surface area contributed by atoms with Gasteiger partial charge in [-0.25, -0.2) is 25.9 Å². The van der Waals surface area contributed by atoms with Crippen molar-refractivity contribution >= 4 is 31.5 Å². The van der Waals surface area contributed by atoms with E-state index in [1.165, 1.54) is 6.07 Å². The summed E-state index contributed by atoms with van der Waals surface area (Å²) in [4.78, 5) is -0.543. The van der Waals surface area contributed by atoms with Crippen LogP contribution < -0.4 is 4.72 Å². The van der Waals surface area contributed by atoms with Gasteiger partial charge in [0.1, 0.15) is 22.3 Å². The van der Waals surface area contributed by atoms with Crippen molar-refractivity contribution in [3.05, 3.63) is 29.6 Å². The van der Waals surface area contributed by atoms with Crippen LogP contribution in [0.25, 0.3) is 0 Å². The van der Waals surface area contributed by atoms with Crippen molar-refractivity contribution in [2.24, 2.45) is 0 Å². The number of sulfonamides is 1. The maximum Gasteiger partial charge on any atom is 0.242 e. The Hall–Kier alpha value is -1.21. The molecule has 6 nitrogen and oxygen atoms in total. The van der Waals surface area contributed by atoms with E-state index in [-0.39, 0.29) is 5.75 Å². The van der Waals surface area contributed by atoms with Gasteiger partial charge in [-0.2, -0.15) is 5.26 Å². The normalized spacial score (nSPS) is 24.6. The maximum atomic E-state index is 13.5. The number of alkyl halides is 1. The molecule has 0 aliphatic carbocycles. The summed E-state index contributed by atoms with van der Waals surface area (Å²) >= 11 is 5.82. The quantitative estimate of drug-likeness (QED) is 0.792. The van der Waals surface area contributed by atoms with Gasteiger partial charge in [-0.05, 0) is 12.1 Å². The molecule has 2 rings (SSSR count). The molecule has 1 aliphatic rings. The van der Waals surface area contributed by atoms with E-state index in [2.05, 4.69) is 4.72 Å². The molecule has 0 saturated carbocycles. The van der Waals surface area contributed by atoms with E-state index in [0.29, 0.717) is 0 Å². The fraction of sp³-hybridized carbons (Fsp3) is 0.364. The molecule has 1 N–H and O–H groups in total. The number of nitrogens with one attached hydrogen (secondary N) is 1. The van der Waals surface area contributed by atoms with Crippen molar-refractivity contribution in [2.75, 3.05) is 11.5 Å². The summed E-state index contributed by atoms with van der Waals surface area (Å²) in [7, 11) is -7.67. The van der Waals surface area contributed by atoms with Crippen LogP contribution in [0.1, 0.15) is 5.56 Å². The first-order valence-electron chi connectivity index (χ1n) is 5.72. The Labute approximate surface area is 126 Å². The number of nitriles is 1. The van der Waals surface area contributed by atoms with E-state index in [0.717, 1.165) is 18.2 Å². The maximum absolute atomic E-state index is 13.5. The van der Waals surface area contributed by atoms with Crippen LogP contribution in [0.3, 0.4) is 0 Å². The average Bonchev–Trinajstić information content (AvgIpc) is 2.61. The predicted molar refractivity (Wildman–Crippen MR) is 73.5 cm³/mol. The fourth-order valence-electron chi connectivity index (χ4n) is 2.01. The molecule has 0 radical (unpaired) electrons. The molecule has 1 aromatic rings. The number of halogens is 2. The molecule has 0 aromatic heterocycles. The first-order chi connectivity index (χ1) is 9.66. The highest BCUT2D eigenvalue weighted by Crippen LogP contribution is 2.22. The second-order valence-corrected chi connectivity index (χ2v) is 8.94. The van der Waals surface area contributed by atoms with Gasteiger partial charge in [-0.15, -0.1) is 11.6 Å². The second kappa shape index (κ2) is 5.53. The Morgan fingerprint density at radius 2 is 2.05 bits per heavy atom. The lowest BCUT2D eigenvalue weighted by atomic mass is 10.2. The highest BCUT2D eigenvalue weighted by molar-refractivity contribution is 7.92. The highest BCUT2D eigenvalue weighted by Gasteiger charge is 2.39. The largest absolute Gasteiger partial charge is 0.242 e. The predicted octanol–water partition coefficient (Wildman–Crippen LogP) is 0.380. The molecular weight excluding hydrogens is 343 g/mol. The number of rotatable bonds is 3. The molecule has 1 fully saturated rings. The number of sulfone groups is 1. The Morgan fingerprint density at radius 3 is 2.57 bits per heavy atom. The first-order valence-corrected chi connectivity index (χ1v) is 9.46. The van der Waals surface area contributed by atoms with E-state index in [1.54, 1.807) is 0 Å². The molecule has 0 spiro atoms. The minimum atomic E-state index is -4.25. The summed E-state index contributed by atoms with van der Waals surface area (Å²) in [5.74, 6) is -1.74. The van der Waals surface area contributed by atoms with Crippen LogP contribution in [0, 0.1) is 17.1 Å². The van der Waals surface area contributed by atoms with E-state index in [9.17, 15) is 21.2 Å². The van der Waals surface area contributed by atoms with Crippen LogP contribution in [0.15, 0.2) is 23.1 Å². The zero-order valence-electron chi connectivity index (χ0n) is 10.5. The molecule has 0 bridgehead atoms. The Bertz CT molecular complexity index is 817. The minimum absolute atomic E-state index is 0.337. The van der Waals surface area contributed by atoms with Crippen molar-refractivity contribution in [3.8, 4) is 6.07 Å². The van der Waals surface area contributed by atoms with Crippen LogP contribution in [0.2, 0.25) is 0 Å². The molecule has 1 heterocycles. The van der Waals surface area contributed by atoms with Crippen molar-refractivity contribution in [3.63, 3.8) is 0 Å². The molecule has 2 unspecified atom stereocenters. The van der Waals surface area contributed by atoms with Gasteiger partial charge in [0.25, 0.3) is 0 Å². The molecule has 10 heteroatoms. The monoisotopic (exact) mass is 352 g/mol. The number of nitrogens with zero attached hydrogens (tertiary/aromatic N) is 1. The lowest BCUT2D eigenvalue weighted by molar-refractivity contribution is 0.560. The SMILES string of the molecule is N#Cc1c(F)cccc1S(=O)(=O)NC1CS(=O)(=O)CC1Cl. The van der Waals surface area contributed by atoms with Crippen LogP contribution >= 0.6 is 11.6 Å². The summed E-state index contributed by atoms with van der Waals surface area (Å²) in [5, 5.41) is 7.94. The van der Waals surface area contributed by atoms with Gasteiger partial charge < -0.3 is 0 Å². The highest BCUT2D eigenvalue weighted by atomic mass is 35.5. The summed E-state index contributed by atoms with van der Waals surface area (Å²) in [5.41, 5.74) is -0.628. The topological polar surface area (TPSA) is 104 Å². The van der Waals surface area contributed by atoms with Gasteiger partial charge in [0.2, 0.25) is 10.0 Å². The van der Waals surface area contributed by atoms with Crippen LogP contribution in [0.5, 0.6) is 0 Å². The zero-order valence-corrected chi connectivity index (χ0v) is 12.8. The molecule has 21 heavy (non-hydrogen) atoms. The van der Waals surface area contributed by atoms with Crippen molar-refractivity contribution < 1.29 is 21.2 Å². The average molecular weight is 353 g/mol. The second-order valence-electron chi connectivity index (χ2n) is 4.55. The Balaban J connectivity index is 2.37. The van der Waals surface area contributed by atoms with Gasteiger partial charge in [0, 0.05) is 0 Å². The third-order valence-corrected chi connectivity index (χ3v) is 6.87. The summed E-state index contributed by atoms with van der Waals surface area (Å²) in [6.45, 7) is 0. The molecular formula is C11H10ClFN2O4S2. The van der Waals surface area contributed by atoms with E-state index >= 15 is 0 Å². The van der Waals surface area contributed by atoms with Crippen molar-refractivity contribution in [2.45, 2.75) is 16.3 Å². The van der Waals surface area contributed by atoms with Gasteiger partial charge in [-0.1, -0.05) is 6.07 Å². The minimum Gasteiger partial charge on any atom is -0.229 e.